The molecule has 4 nitrogen and oxygen atoms in total. The molecule has 1 aliphatic heterocycles. The molecule has 1 fully saturated rings. The third kappa shape index (κ3) is 3.75. The molecule has 1 aliphatic rings. The van der Waals surface area contributed by atoms with Gasteiger partial charge in [0.15, 0.2) is 6.07 Å². The van der Waals surface area contributed by atoms with Crippen LogP contribution >= 0.6 is 0 Å². The Labute approximate surface area is 84.9 Å². The summed E-state index contributed by atoms with van der Waals surface area (Å²) in [5, 5.41) is 10.8. The van der Waals surface area contributed by atoms with Gasteiger partial charge in [0, 0.05) is 13.1 Å². The Morgan fingerprint density at radius 1 is 1.71 bits per heavy atom. The van der Waals surface area contributed by atoms with Crippen molar-refractivity contribution in [2.45, 2.75) is 19.3 Å². The second-order valence-corrected chi connectivity index (χ2v) is 3.93. The molecule has 1 N–H and O–H groups in total. The lowest BCUT2D eigenvalue weighted by molar-refractivity contribution is -0.115. The number of nitriles is 1. The van der Waals surface area contributed by atoms with Gasteiger partial charge in [-0.25, -0.2) is 0 Å². The van der Waals surface area contributed by atoms with Crippen LogP contribution in [-0.4, -0.2) is 37.5 Å². The van der Waals surface area contributed by atoms with E-state index in [4.69, 9.17) is 5.26 Å². The van der Waals surface area contributed by atoms with Crippen LogP contribution in [-0.2, 0) is 4.79 Å². The van der Waals surface area contributed by atoms with Gasteiger partial charge < -0.3 is 10.2 Å². The number of amides is 1. The smallest absolute Gasteiger partial charge is 0.322 e. The zero-order chi connectivity index (χ0) is 10.4. The molecule has 0 aliphatic carbocycles. The summed E-state index contributed by atoms with van der Waals surface area (Å²) in [4.78, 5) is 13.0. The summed E-state index contributed by atoms with van der Waals surface area (Å²) < 4.78 is 0. The van der Waals surface area contributed by atoms with Gasteiger partial charge in [0.05, 0.1) is 0 Å². The second kappa shape index (κ2) is 5.61. The van der Waals surface area contributed by atoms with E-state index in [1.54, 1.807) is 6.07 Å². The summed E-state index contributed by atoms with van der Waals surface area (Å²) in [7, 11) is 2.13. The zero-order valence-corrected chi connectivity index (χ0v) is 8.62. The average molecular weight is 195 g/mol. The van der Waals surface area contributed by atoms with Crippen molar-refractivity contribution in [1.29, 1.82) is 5.26 Å². The number of nitrogens with one attached hydrogen (secondary N) is 1. The number of likely N-dealkylation sites (tertiary alicyclic amines) is 1. The van der Waals surface area contributed by atoms with Crippen molar-refractivity contribution in [3.05, 3.63) is 0 Å². The fourth-order valence-corrected chi connectivity index (χ4v) is 1.94. The van der Waals surface area contributed by atoms with Crippen LogP contribution in [0.15, 0.2) is 0 Å². The van der Waals surface area contributed by atoms with Crippen LogP contribution < -0.4 is 5.32 Å². The van der Waals surface area contributed by atoms with Crippen molar-refractivity contribution in [1.82, 2.24) is 10.2 Å². The van der Waals surface area contributed by atoms with Crippen molar-refractivity contribution in [3.63, 3.8) is 0 Å². The fourth-order valence-electron chi connectivity index (χ4n) is 1.94. The molecule has 0 aromatic rings. The van der Waals surface area contributed by atoms with Crippen LogP contribution in [0.3, 0.4) is 0 Å². The molecule has 1 unspecified atom stereocenters. The molecule has 0 saturated carbocycles. The number of hydrogen-bond acceptors (Lipinski definition) is 3. The van der Waals surface area contributed by atoms with E-state index in [0.717, 1.165) is 13.0 Å². The zero-order valence-electron chi connectivity index (χ0n) is 8.62. The Bertz CT molecular complexity index is 234. The first-order valence-electron chi connectivity index (χ1n) is 5.09. The molecule has 1 heterocycles. The van der Waals surface area contributed by atoms with Gasteiger partial charge >= 0.3 is 5.91 Å². The summed E-state index contributed by atoms with van der Waals surface area (Å²) in [5.74, 6) is 0.155. The molecule has 1 atom stereocenters. The van der Waals surface area contributed by atoms with Gasteiger partial charge in [0.2, 0.25) is 0 Å². The molecule has 0 radical (unpaired) electrons. The van der Waals surface area contributed by atoms with Crippen molar-refractivity contribution in [2.75, 3.05) is 26.7 Å². The predicted octanol–water partition coefficient (Wildman–Crippen LogP) is 0.358. The molecule has 0 aromatic heterocycles. The first kappa shape index (κ1) is 11.0. The third-order valence-electron chi connectivity index (χ3n) is 2.66. The largest absolute Gasteiger partial charge is 0.344 e. The predicted molar refractivity (Wildman–Crippen MR) is 53.5 cm³/mol. The van der Waals surface area contributed by atoms with Crippen molar-refractivity contribution in [3.8, 4) is 6.07 Å². The number of carbonyl (C=O) groups is 1. The third-order valence-corrected chi connectivity index (χ3v) is 2.66. The Kier molecular flexibility index (Phi) is 4.41. The highest BCUT2D eigenvalue weighted by Gasteiger charge is 2.16. The van der Waals surface area contributed by atoms with E-state index in [1.807, 2.05) is 0 Å². The summed E-state index contributed by atoms with van der Waals surface area (Å²) in [6.07, 6.45) is 3.47. The van der Waals surface area contributed by atoms with Crippen LogP contribution in [0, 0.1) is 17.2 Å². The summed E-state index contributed by atoms with van der Waals surface area (Å²) in [6.45, 7) is 2.92. The lowest BCUT2D eigenvalue weighted by atomic mass is 9.95. The highest BCUT2D eigenvalue weighted by atomic mass is 16.1. The van der Waals surface area contributed by atoms with Gasteiger partial charge in [-0.2, -0.15) is 5.26 Å². The molecular weight excluding hydrogens is 178 g/mol. The number of nitrogens with zero attached hydrogens (tertiary/aromatic N) is 2. The molecule has 0 bridgehead atoms. The molecule has 78 valence electrons. The topological polar surface area (TPSA) is 56.1 Å². The quantitative estimate of drug-likeness (QED) is 0.661. The van der Waals surface area contributed by atoms with E-state index >= 15 is 0 Å². The molecule has 1 amide bonds. The molecular formula is C10H17N3O. The standard InChI is InChI=1S/C10H17N3O/c1-13-6-2-3-9(8-13)4-5-12-10(14)7-11/h9H,2-6,8H2,1H3,(H,12,14). The van der Waals surface area contributed by atoms with Crippen molar-refractivity contribution in [2.24, 2.45) is 5.92 Å². The van der Waals surface area contributed by atoms with Gasteiger partial charge in [0.25, 0.3) is 0 Å². The van der Waals surface area contributed by atoms with Crippen LogP contribution in [0.1, 0.15) is 19.3 Å². The number of hydrogen-bond donors (Lipinski definition) is 1. The highest BCUT2D eigenvalue weighted by Crippen LogP contribution is 2.17. The van der Waals surface area contributed by atoms with Gasteiger partial charge in [-0.1, -0.05) is 0 Å². The monoisotopic (exact) mass is 195 g/mol. The molecule has 0 spiro atoms. The first-order chi connectivity index (χ1) is 6.72. The lowest BCUT2D eigenvalue weighted by Gasteiger charge is -2.29. The Balaban J connectivity index is 2.12. The average Bonchev–Trinajstić information content (AvgIpc) is 2.17. The first-order valence-corrected chi connectivity index (χ1v) is 5.09. The van der Waals surface area contributed by atoms with E-state index in [9.17, 15) is 4.79 Å². The molecule has 0 aromatic carbocycles. The Hall–Kier alpha value is -1.08. The van der Waals surface area contributed by atoms with Crippen LogP contribution in [0.4, 0.5) is 0 Å². The Morgan fingerprint density at radius 2 is 2.50 bits per heavy atom. The minimum atomic E-state index is -0.519. The van der Waals surface area contributed by atoms with E-state index < -0.39 is 5.91 Å². The summed E-state index contributed by atoms with van der Waals surface area (Å²) >= 11 is 0. The second-order valence-electron chi connectivity index (χ2n) is 3.93. The fraction of sp³-hybridized carbons (Fsp3) is 0.800. The van der Waals surface area contributed by atoms with Gasteiger partial charge in [-0.15, -0.1) is 0 Å². The van der Waals surface area contributed by atoms with E-state index in [-0.39, 0.29) is 0 Å². The Morgan fingerprint density at radius 3 is 3.14 bits per heavy atom. The van der Waals surface area contributed by atoms with Crippen LogP contribution in [0.25, 0.3) is 0 Å². The van der Waals surface area contributed by atoms with Crippen LogP contribution in [0.5, 0.6) is 0 Å². The molecule has 1 rings (SSSR count). The maximum absolute atomic E-state index is 10.6. The van der Waals surface area contributed by atoms with Gasteiger partial charge in [0.1, 0.15) is 0 Å². The van der Waals surface area contributed by atoms with Crippen molar-refractivity contribution >= 4 is 5.91 Å². The van der Waals surface area contributed by atoms with E-state index in [1.165, 1.54) is 19.4 Å². The van der Waals surface area contributed by atoms with E-state index in [2.05, 4.69) is 17.3 Å². The maximum atomic E-state index is 10.6. The lowest BCUT2D eigenvalue weighted by Crippen LogP contribution is -2.34. The number of carbonyl (C=O) groups excluding carboxylic acids is 1. The molecule has 4 heteroatoms. The van der Waals surface area contributed by atoms with E-state index in [0.29, 0.717) is 12.5 Å². The molecule has 14 heavy (non-hydrogen) atoms. The normalized spacial score (nSPS) is 22.7. The van der Waals surface area contributed by atoms with Gasteiger partial charge in [-0.3, -0.25) is 4.79 Å². The highest BCUT2D eigenvalue weighted by molar-refractivity contribution is 5.91. The SMILES string of the molecule is CN1CCCC(CCNC(=O)C#N)C1. The number of piperidine rings is 1. The van der Waals surface area contributed by atoms with Gasteiger partial charge in [-0.05, 0) is 38.8 Å². The van der Waals surface area contributed by atoms with Crippen molar-refractivity contribution < 1.29 is 4.79 Å². The molecule has 1 saturated heterocycles. The maximum Gasteiger partial charge on any atom is 0.322 e. The van der Waals surface area contributed by atoms with Crippen LogP contribution in [0.2, 0.25) is 0 Å². The minimum Gasteiger partial charge on any atom is -0.344 e. The minimum absolute atomic E-state index is 0.519. The number of rotatable bonds is 3. The summed E-state index contributed by atoms with van der Waals surface area (Å²) in [5.41, 5.74) is 0. The summed E-state index contributed by atoms with van der Waals surface area (Å²) in [6, 6.07) is 1.55.